The van der Waals surface area contributed by atoms with E-state index in [-0.39, 0.29) is 19.1 Å². The highest BCUT2D eigenvalue weighted by Crippen LogP contribution is 2.40. The van der Waals surface area contributed by atoms with Crippen molar-refractivity contribution >= 4 is 29.1 Å². The van der Waals surface area contributed by atoms with Crippen LogP contribution >= 0.6 is 23.2 Å². The van der Waals surface area contributed by atoms with Crippen LogP contribution in [0.15, 0.2) is 61.2 Å². The molecular weight excluding hydrogens is 383 g/mol. The number of carbonyl (C=O) groups excluding carboxylic acids is 1. The Balaban J connectivity index is 0.000000817. The summed E-state index contributed by atoms with van der Waals surface area (Å²) in [6.45, 7) is 5.18. The lowest BCUT2D eigenvalue weighted by Crippen LogP contribution is -2.45. The summed E-state index contributed by atoms with van der Waals surface area (Å²) in [7, 11) is 0. The summed E-state index contributed by atoms with van der Waals surface area (Å²) >= 11 is 12.1. The number of rotatable bonds is 3. The Kier molecular flexibility index (Phi) is 7.87. The number of hydrogen-bond donors (Lipinski definition) is 0. The second-order valence-electron chi connectivity index (χ2n) is 5.87. The van der Waals surface area contributed by atoms with E-state index in [1.807, 2.05) is 37.3 Å². The summed E-state index contributed by atoms with van der Waals surface area (Å²) in [4.78, 5) is 13.8. The molecule has 1 heterocycles. The number of amides is 1. The third-order valence-corrected chi connectivity index (χ3v) is 4.45. The van der Waals surface area contributed by atoms with Gasteiger partial charge >= 0.3 is 0 Å². The van der Waals surface area contributed by atoms with Gasteiger partial charge in [0.05, 0.1) is 12.1 Å². The van der Waals surface area contributed by atoms with E-state index >= 15 is 0 Å². The predicted molar refractivity (Wildman–Crippen MR) is 108 cm³/mol. The Morgan fingerprint density at radius 1 is 1.22 bits per heavy atom. The molecule has 0 aliphatic carbocycles. The second-order valence-corrected chi connectivity index (χ2v) is 6.74. The van der Waals surface area contributed by atoms with Crippen molar-refractivity contribution in [2.45, 2.75) is 19.1 Å². The van der Waals surface area contributed by atoms with Crippen LogP contribution in [-0.4, -0.2) is 24.0 Å². The molecule has 3 rings (SSSR count). The standard InChI is InChI=1S/C18H14Cl2N2O2.C3H6/c19-14-6-4-12(5-7-14)17-18(13-2-1-3-15(20)10-13)24-11-16(23)22(17)9-8-21;1-3-2/h1-7,10,17-18H,9,11H2;3H,1H2,2H3. The molecule has 6 heteroatoms. The van der Waals surface area contributed by atoms with E-state index in [0.717, 1.165) is 11.1 Å². The number of benzene rings is 2. The fourth-order valence-electron chi connectivity index (χ4n) is 2.89. The largest absolute Gasteiger partial charge is 0.361 e. The normalized spacial score (nSPS) is 18.9. The fourth-order valence-corrected chi connectivity index (χ4v) is 3.22. The fraction of sp³-hybridized carbons (Fsp3) is 0.238. The lowest BCUT2D eigenvalue weighted by Gasteiger charge is -2.40. The zero-order chi connectivity index (χ0) is 19.8. The number of hydrogen-bond acceptors (Lipinski definition) is 3. The monoisotopic (exact) mass is 402 g/mol. The quantitative estimate of drug-likeness (QED) is 0.513. The van der Waals surface area contributed by atoms with Gasteiger partial charge in [-0.2, -0.15) is 5.26 Å². The number of carbonyl (C=O) groups is 1. The summed E-state index contributed by atoms with van der Waals surface area (Å²) in [5, 5.41) is 10.3. The highest BCUT2D eigenvalue weighted by molar-refractivity contribution is 6.30. The van der Waals surface area contributed by atoms with Gasteiger partial charge in [-0.25, -0.2) is 0 Å². The Bertz CT molecular complexity index is 831. The van der Waals surface area contributed by atoms with Gasteiger partial charge in [-0.05, 0) is 42.3 Å². The smallest absolute Gasteiger partial charge is 0.250 e. The predicted octanol–water partition coefficient (Wildman–Crippen LogP) is 5.35. The molecule has 1 saturated heterocycles. The van der Waals surface area contributed by atoms with Crippen LogP contribution in [0.3, 0.4) is 0 Å². The van der Waals surface area contributed by atoms with Gasteiger partial charge in [-0.3, -0.25) is 4.79 Å². The first-order chi connectivity index (χ1) is 13.0. The first-order valence-corrected chi connectivity index (χ1v) is 9.13. The molecule has 0 saturated carbocycles. The lowest BCUT2D eigenvalue weighted by atomic mass is 9.93. The Hall–Kier alpha value is -2.32. The summed E-state index contributed by atoms with van der Waals surface area (Å²) in [5.74, 6) is -0.213. The van der Waals surface area contributed by atoms with E-state index in [0.29, 0.717) is 10.0 Å². The van der Waals surface area contributed by atoms with Crippen LogP contribution in [0.1, 0.15) is 30.2 Å². The molecule has 2 unspecified atom stereocenters. The first-order valence-electron chi connectivity index (χ1n) is 8.37. The van der Waals surface area contributed by atoms with E-state index in [4.69, 9.17) is 33.2 Å². The third kappa shape index (κ3) is 5.33. The number of nitrogens with zero attached hydrogens (tertiary/aromatic N) is 2. The van der Waals surface area contributed by atoms with Crippen molar-refractivity contribution in [1.29, 1.82) is 5.26 Å². The molecule has 140 valence electrons. The number of nitriles is 1. The van der Waals surface area contributed by atoms with Gasteiger partial charge < -0.3 is 9.64 Å². The number of halogens is 2. The molecule has 0 aromatic heterocycles. The van der Waals surface area contributed by atoms with Crippen molar-refractivity contribution in [2.24, 2.45) is 0 Å². The van der Waals surface area contributed by atoms with Crippen LogP contribution in [0.4, 0.5) is 0 Å². The summed E-state index contributed by atoms with van der Waals surface area (Å²) in [6.07, 6.45) is 1.34. The molecule has 1 fully saturated rings. The minimum Gasteiger partial charge on any atom is -0.361 e. The number of ether oxygens (including phenoxy) is 1. The van der Waals surface area contributed by atoms with Crippen molar-refractivity contribution in [3.05, 3.63) is 82.4 Å². The van der Waals surface area contributed by atoms with Crippen molar-refractivity contribution in [3.63, 3.8) is 0 Å². The van der Waals surface area contributed by atoms with Gasteiger partial charge in [-0.15, -0.1) is 6.58 Å². The van der Waals surface area contributed by atoms with E-state index in [2.05, 4.69) is 12.6 Å². The average molecular weight is 403 g/mol. The van der Waals surface area contributed by atoms with Crippen LogP contribution in [0.2, 0.25) is 10.0 Å². The van der Waals surface area contributed by atoms with Crippen LogP contribution in [0.25, 0.3) is 0 Å². The molecular formula is C21H20Cl2N2O2. The van der Waals surface area contributed by atoms with E-state index in [9.17, 15) is 4.79 Å². The zero-order valence-corrected chi connectivity index (χ0v) is 16.5. The van der Waals surface area contributed by atoms with E-state index < -0.39 is 12.1 Å². The highest BCUT2D eigenvalue weighted by atomic mass is 35.5. The van der Waals surface area contributed by atoms with Gasteiger partial charge in [0.25, 0.3) is 0 Å². The van der Waals surface area contributed by atoms with E-state index in [1.54, 1.807) is 24.3 Å². The molecule has 0 bridgehead atoms. The highest BCUT2D eigenvalue weighted by Gasteiger charge is 2.38. The summed E-state index contributed by atoms with van der Waals surface area (Å²) in [5.41, 5.74) is 1.71. The van der Waals surface area contributed by atoms with Crippen molar-refractivity contribution in [2.75, 3.05) is 13.2 Å². The second kappa shape index (κ2) is 10.1. The molecule has 2 aromatic rings. The molecule has 27 heavy (non-hydrogen) atoms. The minimum absolute atomic E-state index is 0.00739. The van der Waals surface area contributed by atoms with Crippen LogP contribution in [0, 0.1) is 11.3 Å². The van der Waals surface area contributed by atoms with E-state index in [1.165, 1.54) is 4.90 Å². The molecule has 2 atom stereocenters. The zero-order valence-electron chi connectivity index (χ0n) is 14.9. The number of morpholine rings is 1. The Morgan fingerprint density at radius 3 is 2.48 bits per heavy atom. The van der Waals surface area contributed by atoms with Crippen LogP contribution in [0.5, 0.6) is 0 Å². The topological polar surface area (TPSA) is 53.3 Å². The van der Waals surface area contributed by atoms with Gasteiger partial charge in [0, 0.05) is 10.0 Å². The van der Waals surface area contributed by atoms with Gasteiger partial charge in [0.2, 0.25) is 5.91 Å². The molecule has 1 aliphatic heterocycles. The Morgan fingerprint density at radius 2 is 1.89 bits per heavy atom. The van der Waals surface area contributed by atoms with Gasteiger partial charge in [0.15, 0.2) is 0 Å². The molecule has 1 aliphatic rings. The number of allylic oxidation sites excluding steroid dienone is 1. The molecule has 4 nitrogen and oxygen atoms in total. The van der Waals surface area contributed by atoms with Crippen LogP contribution < -0.4 is 0 Å². The molecule has 2 aromatic carbocycles. The molecule has 0 N–H and O–H groups in total. The summed E-state index contributed by atoms with van der Waals surface area (Å²) in [6, 6.07) is 16.2. The molecule has 0 spiro atoms. The third-order valence-electron chi connectivity index (χ3n) is 3.96. The minimum atomic E-state index is -0.415. The van der Waals surface area contributed by atoms with Gasteiger partial charge in [-0.1, -0.05) is 53.5 Å². The van der Waals surface area contributed by atoms with Crippen LogP contribution in [-0.2, 0) is 9.53 Å². The Labute approximate surface area is 169 Å². The van der Waals surface area contributed by atoms with Gasteiger partial charge in [0.1, 0.15) is 19.3 Å². The van der Waals surface area contributed by atoms with Crippen molar-refractivity contribution < 1.29 is 9.53 Å². The summed E-state index contributed by atoms with van der Waals surface area (Å²) < 4.78 is 5.81. The molecule has 1 amide bonds. The average Bonchev–Trinajstić information content (AvgIpc) is 2.65. The first kappa shape index (κ1) is 21.0. The maximum atomic E-state index is 12.3. The van der Waals surface area contributed by atoms with Crippen molar-refractivity contribution in [3.8, 4) is 6.07 Å². The molecule has 0 radical (unpaired) electrons. The maximum absolute atomic E-state index is 12.3. The SMILES string of the molecule is C=CC.N#CCN1C(=O)COC(c2cccc(Cl)c2)C1c1ccc(Cl)cc1. The maximum Gasteiger partial charge on any atom is 0.250 e. The van der Waals surface area contributed by atoms with Crippen molar-refractivity contribution in [1.82, 2.24) is 4.90 Å². The lowest BCUT2D eigenvalue weighted by molar-refractivity contribution is -0.157.